The molecule has 0 aliphatic heterocycles. The molecule has 0 bridgehead atoms. The van der Waals surface area contributed by atoms with Gasteiger partial charge >= 0.3 is 0 Å². The van der Waals surface area contributed by atoms with Crippen LogP contribution in [0.5, 0.6) is 0 Å². The van der Waals surface area contributed by atoms with E-state index in [1.165, 1.54) is 11.1 Å². The Morgan fingerprint density at radius 3 is 1.84 bits per heavy atom. The molecule has 1 amide bonds. The summed E-state index contributed by atoms with van der Waals surface area (Å²) in [4.78, 5) is 12.9. The number of hydrogen-bond acceptors (Lipinski definition) is 2. The van der Waals surface area contributed by atoms with E-state index in [1.54, 1.807) is 0 Å². The van der Waals surface area contributed by atoms with Crippen LogP contribution >= 0.6 is 0 Å². The van der Waals surface area contributed by atoms with Gasteiger partial charge in [-0.3, -0.25) is 4.79 Å². The summed E-state index contributed by atoms with van der Waals surface area (Å²) in [6, 6.07) is 15.7. The lowest BCUT2D eigenvalue weighted by Gasteiger charge is -2.24. The van der Waals surface area contributed by atoms with Crippen LogP contribution in [-0.2, 0) is 4.79 Å². The Morgan fingerprint density at radius 2 is 1.36 bits per heavy atom. The fraction of sp³-hybridized carbons (Fsp3) is 0.409. The number of carbonyl (C=O) groups excluding carboxylic acids is 1. The lowest BCUT2D eigenvalue weighted by molar-refractivity contribution is -0.120. The molecule has 134 valence electrons. The first-order chi connectivity index (χ1) is 11.8. The largest absolute Gasteiger partial charge is 0.325 e. The molecule has 0 aliphatic rings. The molecular formula is C22H30N2O. The Bertz CT molecular complexity index is 681. The molecule has 25 heavy (non-hydrogen) atoms. The van der Waals surface area contributed by atoms with Crippen LogP contribution < -0.4 is 11.1 Å². The third-order valence-corrected chi connectivity index (χ3v) is 4.76. The molecule has 3 heteroatoms. The standard InChI is InChI=1S/C22H30N2O/c1-14(2)18-12-9-13-19(15(3)4)21(18)24-22(25)16(5)20(23)17-10-7-6-8-11-17/h6-16,20H,23H2,1-5H3,(H,24,25). The molecule has 2 unspecified atom stereocenters. The summed E-state index contributed by atoms with van der Waals surface area (Å²) in [6.07, 6.45) is 0. The van der Waals surface area contributed by atoms with Crippen molar-refractivity contribution in [1.29, 1.82) is 0 Å². The highest BCUT2D eigenvalue weighted by atomic mass is 16.1. The van der Waals surface area contributed by atoms with Crippen molar-refractivity contribution in [2.45, 2.75) is 52.5 Å². The number of carbonyl (C=O) groups is 1. The zero-order valence-corrected chi connectivity index (χ0v) is 15.9. The van der Waals surface area contributed by atoms with E-state index in [2.05, 4.69) is 51.2 Å². The molecule has 2 aromatic rings. The topological polar surface area (TPSA) is 55.1 Å². The summed E-state index contributed by atoms with van der Waals surface area (Å²) >= 11 is 0. The lowest BCUT2D eigenvalue weighted by atomic mass is 9.91. The Labute approximate surface area is 151 Å². The maximum Gasteiger partial charge on any atom is 0.229 e. The molecule has 0 radical (unpaired) electrons. The van der Waals surface area contributed by atoms with E-state index in [-0.39, 0.29) is 17.9 Å². The number of anilines is 1. The van der Waals surface area contributed by atoms with Gasteiger partial charge in [-0.1, -0.05) is 83.1 Å². The van der Waals surface area contributed by atoms with Crippen LogP contribution in [0.1, 0.15) is 69.2 Å². The van der Waals surface area contributed by atoms with Crippen LogP contribution in [0, 0.1) is 5.92 Å². The summed E-state index contributed by atoms with van der Waals surface area (Å²) in [5, 5.41) is 3.17. The maximum atomic E-state index is 12.9. The van der Waals surface area contributed by atoms with Gasteiger partial charge in [-0.25, -0.2) is 0 Å². The highest BCUT2D eigenvalue weighted by molar-refractivity contribution is 5.94. The minimum atomic E-state index is -0.324. The normalized spacial score (nSPS) is 13.8. The molecular weight excluding hydrogens is 308 g/mol. The second-order valence-electron chi connectivity index (χ2n) is 7.34. The van der Waals surface area contributed by atoms with E-state index in [0.717, 1.165) is 11.3 Å². The smallest absolute Gasteiger partial charge is 0.229 e. The van der Waals surface area contributed by atoms with Gasteiger partial charge in [0.15, 0.2) is 0 Å². The summed E-state index contributed by atoms with van der Waals surface area (Å²) in [7, 11) is 0. The summed E-state index contributed by atoms with van der Waals surface area (Å²) in [5.74, 6) is 0.327. The fourth-order valence-corrected chi connectivity index (χ4v) is 3.06. The van der Waals surface area contributed by atoms with Crippen LogP contribution in [0.25, 0.3) is 0 Å². The molecule has 3 nitrogen and oxygen atoms in total. The van der Waals surface area contributed by atoms with Crippen molar-refractivity contribution in [2.75, 3.05) is 5.32 Å². The molecule has 3 N–H and O–H groups in total. The predicted octanol–water partition coefficient (Wildman–Crippen LogP) is 5.21. The predicted molar refractivity (Wildman–Crippen MR) is 106 cm³/mol. The second-order valence-corrected chi connectivity index (χ2v) is 7.34. The number of nitrogens with two attached hydrogens (primary N) is 1. The SMILES string of the molecule is CC(C)c1cccc(C(C)C)c1NC(=O)C(C)C(N)c1ccccc1. The van der Waals surface area contributed by atoms with E-state index >= 15 is 0 Å². The van der Waals surface area contributed by atoms with Gasteiger partial charge in [0.05, 0.1) is 5.92 Å². The number of nitrogens with one attached hydrogen (secondary N) is 1. The lowest BCUT2D eigenvalue weighted by Crippen LogP contribution is -2.31. The number of hydrogen-bond donors (Lipinski definition) is 2. The van der Waals surface area contributed by atoms with Gasteiger partial charge in [-0.2, -0.15) is 0 Å². The molecule has 0 saturated heterocycles. The van der Waals surface area contributed by atoms with Crippen molar-refractivity contribution < 1.29 is 4.79 Å². The average Bonchev–Trinajstić information content (AvgIpc) is 2.60. The minimum absolute atomic E-state index is 0.0358. The number of amides is 1. The first kappa shape index (κ1) is 19.2. The van der Waals surface area contributed by atoms with Crippen molar-refractivity contribution in [1.82, 2.24) is 0 Å². The van der Waals surface area contributed by atoms with E-state index in [4.69, 9.17) is 5.73 Å². The molecule has 2 atom stereocenters. The third-order valence-electron chi connectivity index (χ3n) is 4.76. The molecule has 2 aromatic carbocycles. The van der Waals surface area contributed by atoms with Crippen LogP contribution in [-0.4, -0.2) is 5.91 Å². The van der Waals surface area contributed by atoms with Gasteiger partial charge in [0.2, 0.25) is 5.91 Å². The van der Waals surface area contributed by atoms with Crippen LogP contribution in [0.15, 0.2) is 48.5 Å². The van der Waals surface area contributed by atoms with Gasteiger partial charge in [0, 0.05) is 11.7 Å². The second kappa shape index (κ2) is 8.30. The Hall–Kier alpha value is -2.13. The van der Waals surface area contributed by atoms with E-state index < -0.39 is 0 Å². The summed E-state index contributed by atoms with van der Waals surface area (Å²) in [5.41, 5.74) is 10.6. The highest BCUT2D eigenvalue weighted by Crippen LogP contribution is 2.33. The zero-order chi connectivity index (χ0) is 18.6. The molecule has 0 spiro atoms. The minimum Gasteiger partial charge on any atom is -0.325 e. The van der Waals surface area contributed by atoms with Crippen LogP contribution in [0.3, 0.4) is 0 Å². The Morgan fingerprint density at radius 1 is 0.840 bits per heavy atom. The Balaban J connectivity index is 2.28. The van der Waals surface area contributed by atoms with Crippen molar-refractivity contribution in [3.05, 3.63) is 65.2 Å². The first-order valence-electron chi connectivity index (χ1n) is 9.07. The van der Waals surface area contributed by atoms with Crippen molar-refractivity contribution in [2.24, 2.45) is 11.7 Å². The van der Waals surface area contributed by atoms with Crippen molar-refractivity contribution in [3.8, 4) is 0 Å². The quantitative estimate of drug-likeness (QED) is 0.760. The average molecular weight is 338 g/mol. The zero-order valence-electron chi connectivity index (χ0n) is 15.9. The number of benzene rings is 2. The molecule has 0 saturated carbocycles. The number of para-hydroxylation sites is 1. The maximum absolute atomic E-state index is 12.9. The number of rotatable bonds is 6. The van der Waals surface area contributed by atoms with Gasteiger partial charge < -0.3 is 11.1 Å². The van der Waals surface area contributed by atoms with Crippen LogP contribution in [0.4, 0.5) is 5.69 Å². The fourth-order valence-electron chi connectivity index (χ4n) is 3.06. The van der Waals surface area contributed by atoms with Gasteiger partial charge in [0.1, 0.15) is 0 Å². The first-order valence-corrected chi connectivity index (χ1v) is 9.07. The monoisotopic (exact) mass is 338 g/mol. The van der Waals surface area contributed by atoms with Crippen LogP contribution in [0.2, 0.25) is 0 Å². The van der Waals surface area contributed by atoms with Gasteiger partial charge in [0.25, 0.3) is 0 Å². The Kier molecular flexibility index (Phi) is 6.38. The van der Waals surface area contributed by atoms with E-state index in [0.29, 0.717) is 11.8 Å². The summed E-state index contributed by atoms with van der Waals surface area (Å²) in [6.45, 7) is 10.5. The third kappa shape index (κ3) is 4.49. The highest BCUT2D eigenvalue weighted by Gasteiger charge is 2.24. The van der Waals surface area contributed by atoms with E-state index in [9.17, 15) is 4.79 Å². The van der Waals surface area contributed by atoms with Crippen molar-refractivity contribution in [3.63, 3.8) is 0 Å². The van der Waals surface area contributed by atoms with Gasteiger partial charge in [-0.15, -0.1) is 0 Å². The van der Waals surface area contributed by atoms with Crippen molar-refractivity contribution >= 4 is 11.6 Å². The molecule has 2 rings (SSSR count). The van der Waals surface area contributed by atoms with Gasteiger partial charge in [-0.05, 0) is 28.5 Å². The van der Waals surface area contributed by atoms with E-state index in [1.807, 2.05) is 37.3 Å². The molecule has 0 aliphatic carbocycles. The summed E-state index contributed by atoms with van der Waals surface area (Å²) < 4.78 is 0. The molecule has 0 aromatic heterocycles. The molecule has 0 fully saturated rings. The molecule has 0 heterocycles.